The molecular weight excluding hydrogens is 390 g/mol. The molecule has 6 nitrogen and oxygen atoms in total. The molecule has 0 saturated carbocycles. The molecule has 4 atom stereocenters. The van der Waals surface area contributed by atoms with E-state index in [1.807, 2.05) is 33.8 Å². The number of carbonyl (C=O) groups excluding carboxylic acids is 3. The fourth-order valence-corrected chi connectivity index (χ4v) is 4.25. The summed E-state index contributed by atoms with van der Waals surface area (Å²) in [7, 11) is 1.77. The number of carbonyl (C=O) groups is 3. The Balaban J connectivity index is 3.06. The molecule has 0 aromatic carbocycles. The van der Waals surface area contributed by atoms with Crippen molar-refractivity contribution in [2.24, 2.45) is 11.8 Å². The molecule has 6 heteroatoms. The van der Waals surface area contributed by atoms with Crippen LogP contribution in [0.3, 0.4) is 0 Å². The number of nitrogens with one attached hydrogen (secondary N) is 1. The topological polar surface area (TPSA) is 69.7 Å². The third-order valence-electron chi connectivity index (χ3n) is 6.69. The number of hydrogen-bond acceptors (Lipinski definition) is 4. The van der Waals surface area contributed by atoms with Gasteiger partial charge in [-0.25, -0.2) is 0 Å². The lowest BCUT2D eigenvalue weighted by Crippen LogP contribution is -2.59. The van der Waals surface area contributed by atoms with Gasteiger partial charge in [-0.15, -0.1) is 0 Å². The third kappa shape index (κ3) is 7.44. The molecule has 3 unspecified atom stereocenters. The van der Waals surface area contributed by atoms with Gasteiger partial charge < -0.3 is 10.2 Å². The Morgan fingerprint density at radius 3 is 2.16 bits per heavy atom. The Kier molecular flexibility index (Phi) is 10.9. The molecular formula is C25H45N3O3. The van der Waals surface area contributed by atoms with E-state index in [-0.39, 0.29) is 41.5 Å². The monoisotopic (exact) mass is 435 g/mol. The van der Waals surface area contributed by atoms with Crippen molar-refractivity contribution in [3.05, 3.63) is 11.6 Å². The highest BCUT2D eigenvalue weighted by Gasteiger charge is 2.36. The van der Waals surface area contributed by atoms with Gasteiger partial charge in [0, 0.05) is 13.1 Å². The van der Waals surface area contributed by atoms with Crippen molar-refractivity contribution in [2.45, 2.75) is 105 Å². The summed E-state index contributed by atoms with van der Waals surface area (Å²) in [4.78, 5) is 42.4. The second-order valence-corrected chi connectivity index (χ2v) is 9.83. The maximum absolute atomic E-state index is 13.5. The quantitative estimate of drug-likeness (QED) is 0.530. The van der Waals surface area contributed by atoms with Crippen LogP contribution in [0.2, 0.25) is 0 Å². The molecule has 0 aliphatic carbocycles. The number of nitrogens with zero attached hydrogens (tertiary/aromatic N) is 2. The highest BCUT2D eigenvalue weighted by molar-refractivity contribution is 5.93. The SMILES string of the molecule is CCC(C)N1CCCCC1C(=O)NC(C(=O)N(C)[C@H](/C=C(\C)C(C)=O)C(C)C)C(C)C. The maximum Gasteiger partial charge on any atom is 0.245 e. The van der Waals surface area contributed by atoms with Gasteiger partial charge in [0.15, 0.2) is 5.78 Å². The molecule has 0 radical (unpaired) electrons. The first-order chi connectivity index (χ1) is 14.4. The summed E-state index contributed by atoms with van der Waals surface area (Å²) >= 11 is 0. The van der Waals surface area contributed by atoms with E-state index >= 15 is 0 Å². The predicted molar refractivity (Wildman–Crippen MR) is 127 cm³/mol. The molecule has 1 aliphatic rings. The van der Waals surface area contributed by atoms with Gasteiger partial charge in [-0.3, -0.25) is 19.3 Å². The summed E-state index contributed by atoms with van der Waals surface area (Å²) in [5.74, 6) is -0.0450. The van der Waals surface area contributed by atoms with Crippen LogP contribution in [-0.4, -0.2) is 65.2 Å². The molecule has 1 fully saturated rings. The van der Waals surface area contributed by atoms with E-state index < -0.39 is 6.04 Å². The number of ketones is 1. The molecule has 0 bridgehead atoms. The van der Waals surface area contributed by atoms with Gasteiger partial charge in [0.2, 0.25) is 11.8 Å². The van der Waals surface area contributed by atoms with Crippen LogP contribution in [0.1, 0.15) is 81.1 Å². The number of Topliss-reactive ketones (excluding diaryl/α,β-unsaturated/α-hetero) is 1. The molecule has 31 heavy (non-hydrogen) atoms. The van der Waals surface area contributed by atoms with Crippen molar-refractivity contribution in [2.75, 3.05) is 13.6 Å². The first kappa shape index (κ1) is 27.3. The number of allylic oxidation sites excluding steroid dienone is 1. The number of rotatable bonds is 10. The molecule has 178 valence electrons. The van der Waals surface area contributed by atoms with Gasteiger partial charge in [0.25, 0.3) is 0 Å². The average molecular weight is 436 g/mol. The van der Waals surface area contributed by atoms with E-state index in [2.05, 4.69) is 24.1 Å². The first-order valence-corrected chi connectivity index (χ1v) is 11.9. The molecule has 0 spiro atoms. The number of hydrogen-bond donors (Lipinski definition) is 1. The van der Waals surface area contributed by atoms with Crippen LogP contribution in [0, 0.1) is 11.8 Å². The predicted octanol–water partition coefficient (Wildman–Crippen LogP) is 3.80. The number of piperidine rings is 1. The number of amides is 2. The minimum absolute atomic E-state index is 0.00245. The minimum atomic E-state index is -0.592. The second-order valence-electron chi connectivity index (χ2n) is 9.83. The summed E-state index contributed by atoms with van der Waals surface area (Å²) < 4.78 is 0. The molecule has 2 amide bonds. The van der Waals surface area contributed by atoms with Crippen LogP contribution in [0.15, 0.2) is 11.6 Å². The standard InChI is InChI=1S/C25H45N3O3/c1-10-19(7)28-14-12-11-13-21(28)24(30)26-23(17(4)5)25(31)27(9)22(16(2)3)15-18(6)20(8)29/h15-17,19,21-23H,10-14H2,1-9H3,(H,26,30)/b18-15+/t19?,21?,22-,23?/m1/s1. The Morgan fingerprint density at radius 1 is 1.06 bits per heavy atom. The van der Waals surface area contributed by atoms with Crippen molar-refractivity contribution >= 4 is 17.6 Å². The zero-order chi connectivity index (χ0) is 23.9. The van der Waals surface area contributed by atoms with Crippen LogP contribution in [0.5, 0.6) is 0 Å². The van der Waals surface area contributed by atoms with Crippen LogP contribution < -0.4 is 5.32 Å². The van der Waals surface area contributed by atoms with Gasteiger partial charge in [0.05, 0.1) is 12.1 Å². The van der Waals surface area contributed by atoms with Crippen LogP contribution in [0.4, 0.5) is 0 Å². The Hall–Kier alpha value is -1.69. The molecule has 1 N–H and O–H groups in total. The summed E-state index contributed by atoms with van der Waals surface area (Å²) in [6, 6.07) is -0.632. The van der Waals surface area contributed by atoms with E-state index in [0.717, 1.165) is 32.2 Å². The van der Waals surface area contributed by atoms with Crippen molar-refractivity contribution in [1.82, 2.24) is 15.1 Å². The highest BCUT2D eigenvalue weighted by atomic mass is 16.2. The Bertz CT molecular complexity index is 656. The van der Waals surface area contributed by atoms with Gasteiger partial charge >= 0.3 is 0 Å². The van der Waals surface area contributed by atoms with E-state index in [9.17, 15) is 14.4 Å². The zero-order valence-electron chi connectivity index (χ0n) is 21.2. The van der Waals surface area contributed by atoms with Crippen LogP contribution in [-0.2, 0) is 14.4 Å². The molecule has 1 heterocycles. The number of likely N-dealkylation sites (N-methyl/N-ethyl adjacent to an activating group) is 1. The van der Waals surface area contributed by atoms with Gasteiger partial charge in [-0.2, -0.15) is 0 Å². The van der Waals surface area contributed by atoms with Gasteiger partial charge in [-0.1, -0.05) is 47.1 Å². The van der Waals surface area contributed by atoms with Crippen molar-refractivity contribution < 1.29 is 14.4 Å². The average Bonchev–Trinajstić information content (AvgIpc) is 2.73. The third-order valence-corrected chi connectivity index (χ3v) is 6.69. The van der Waals surface area contributed by atoms with E-state index in [1.165, 1.54) is 6.92 Å². The summed E-state index contributed by atoms with van der Waals surface area (Å²) in [6.45, 7) is 16.6. The highest BCUT2D eigenvalue weighted by Crippen LogP contribution is 2.22. The maximum atomic E-state index is 13.5. The lowest BCUT2D eigenvalue weighted by atomic mass is 9.95. The smallest absolute Gasteiger partial charge is 0.245 e. The lowest BCUT2D eigenvalue weighted by molar-refractivity contribution is -0.140. The molecule has 0 aromatic rings. The Labute approximate surface area is 189 Å². The van der Waals surface area contributed by atoms with E-state index in [4.69, 9.17) is 0 Å². The largest absolute Gasteiger partial charge is 0.343 e. The summed E-state index contributed by atoms with van der Waals surface area (Å²) in [5.41, 5.74) is 0.648. The molecule has 1 aliphatic heterocycles. The minimum Gasteiger partial charge on any atom is -0.343 e. The number of likely N-dealkylation sites (tertiary alicyclic amines) is 1. The van der Waals surface area contributed by atoms with Gasteiger partial charge in [-0.05, 0) is 64.0 Å². The molecule has 1 saturated heterocycles. The fourth-order valence-electron chi connectivity index (χ4n) is 4.25. The normalized spacial score (nSPS) is 21.0. The van der Waals surface area contributed by atoms with Crippen LogP contribution in [0.25, 0.3) is 0 Å². The molecule has 0 aromatic heterocycles. The van der Waals surface area contributed by atoms with Gasteiger partial charge in [0.1, 0.15) is 6.04 Å². The van der Waals surface area contributed by atoms with Crippen LogP contribution >= 0.6 is 0 Å². The summed E-state index contributed by atoms with van der Waals surface area (Å²) in [6.07, 6.45) is 5.85. The van der Waals surface area contributed by atoms with Crippen molar-refractivity contribution in [1.29, 1.82) is 0 Å². The Morgan fingerprint density at radius 2 is 1.68 bits per heavy atom. The van der Waals surface area contributed by atoms with Crippen molar-refractivity contribution in [3.63, 3.8) is 0 Å². The fraction of sp³-hybridized carbons (Fsp3) is 0.800. The van der Waals surface area contributed by atoms with E-state index in [1.54, 1.807) is 18.9 Å². The first-order valence-electron chi connectivity index (χ1n) is 11.9. The zero-order valence-corrected chi connectivity index (χ0v) is 21.2. The lowest BCUT2D eigenvalue weighted by Gasteiger charge is -2.40. The van der Waals surface area contributed by atoms with Crippen molar-refractivity contribution in [3.8, 4) is 0 Å². The summed E-state index contributed by atoms with van der Waals surface area (Å²) in [5, 5.41) is 3.09. The molecule has 1 rings (SSSR count). The second kappa shape index (κ2) is 12.4. The van der Waals surface area contributed by atoms with E-state index in [0.29, 0.717) is 11.6 Å².